The molecule has 0 aliphatic heterocycles. The summed E-state index contributed by atoms with van der Waals surface area (Å²) in [6.07, 6.45) is 2.04. The number of ether oxygens (including phenoxy) is 1. The molecule has 0 N–H and O–H groups in total. The molecule has 0 amide bonds. The highest BCUT2D eigenvalue weighted by molar-refractivity contribution is 5.94. The number of hydrogen-bond donors (Lipinski definition) is 0. The summed E-state index contributed by atoms with van der Waals surface area (Å²) in [4.78, 5) is 11.0. The standard InChI is InChI=1S/C18H18O3/c1-2-11-21-16-10-6-9-15(12-16)17(13-18(19)20)14-7-4-3-5-8-14/h3-10,12-13H,2,11H2,1H3,(H,19,20)/p-1/b17-13+. The lowest BCUT2D eigenvalue weighted by molar-refractivity contribution is -0.297. The lowest BCUT2D eigenvalue weighted by Crippen LogP contribution is -2.19. The monoisotopic (exact) mass is 281 g/mol. The van der Waals surface area contributed by atoms with Crippen molar-refractivity contribution in [2.45, 2.75) is 13.3 Å². The van der Waals surface area contributed by atoms with Crippen molar-refractivity contribution in [2.24, 2.45) is 0 Å². The minimum absolute atomic E-state index is 0.609. The van der Waals surface area contributed by atoms with Crippen LogP contribution in [0.25, 0.3) is 5.57 Å². The first-order valence-electron chi connectivity index (χ1n) is 6.92. The predicted octanol–water partition coefficient (Wildman–Crippen LogP) is 2.66. The molecule has 0 bridgehead atoms. The van der Waals surface area contributed by atoms with Gasteiger partial charge in [0.1, 0.15) is 5.75 Å². The van der Waals surface area contributed by atoms with Gasteiger partial charge in [0.15, 0.2) is 0 Å². The third-order valence-corrected chi connectivity index (χ3v) is 2.96. The van der Waals surface area contributed by atoms with Gasteiger partial charge in [-0.05, 0) is 41.3 Å². The SMILES string of the molecule is CCCOc1cccc(/C(=C/C(=O)[O-])c2ccccc2)c1. The summed E-state index contributed by atoms with van der Waals surface area (Å²) in [5, 5.41) is 11.0. The summed E-state index contributed by atoms with van der Waals surface area (Å²) >= 11 is 0. The Bertz CT molecular complexity index is 630. The van der Waals surface area contributed by atoms with E-state index in [0.717, 1.165) is 29.4 Å². The smallest absolute Gasteiger partial charge is 0.119 e. The second-order valence-electron chi connectivity index (χ2n) is 4.62. The van der Waals surface area contributed by atoms with E-state index in [2.05, 4.69) is 0 Å². The fraction of sp³-hybridized carbons (Fsp3) is 0.167. The molecule has 21 heavy (non-hydrogen) atoms. The van der Waals surface area contributed by atoms with Crippen LogP contribution in [0.1, 0.15) is 24.5 Å². The molecule has 0 atom stereocenters. The number of hydrogen-bond acceptors (Lipinski definition) is 3. The maximum Gasteiger partial charge on any atom is 0.119 e. The average Bonchev–Trinajstić information content (AvgIpc) is 2.51. The minimum Gasteiger partial charge on any atom is -0.545 e. The van der Waals surface area contributed by atoms with Crippen molar-refractivity contribution in [1.29, 1.82) is 0 Å². The lowest BCUT2D eigenvalue weighted by Gasteiger charge is -2.11. The van der Waals surface area contributed by atoms with Crippen LogP contribution in [0.4, 0.5) is 0 Å². The van der Waals surface area contributed by atoms with Crippen molar-refractivity contribution < 1.29 is 14.6 Å². The first-order valence-corrected chi connectivity index (χ1v) is 6.92. The van der Waals surface area contributed by atoms with Gasteiger partial charge in [0.2, 0.25) is 0 Å². The van der Waals surface area contributed by atoms with Crippen LogP contribution in [0.15, 0.2) is 60.7 Å². The highest BCUT2D eigenvalue weighted by atomic mass is 16.5. The Morgan fingerprint density at radius 3 is 2.48 bits per heavy atom. The molecule has 3 heteroatoms. The van der Waals surface area contributed by atoms with Crippen LogP contribution in [0.3, 0.4) is 0 Å². The minimum atomic E-state index is -1.21. The average molecular weight is 281 g/mol. The maximum atomic E-state index is 11.0. The molecule has 0 heterocycles. The largest absolute Gasteiger partial charge is 0.545 e. The third kappa shape index (κ3) is 4.21. The summed E-state index contributed by atoms with van der Waals surface area (Å²) in [5.41, 5.74) is 2.23. The molecule has 0 saturated heterocycles. The molecule has 108 valence electrons. The van der Waals surface area contributed by atoms with E-state index in [-0.39, 0.29) is 0 Å². The van der Waals surface area contributed by atoms with E-state index in [1.165, 1.54) is 0 Å². The van der Waals surface area contributed by atoms with Crippen LogP contribution in [-0.4, -0.2) is 12.6 Å². The van der Waals surface area contributed by atoms with E-state index in [0.29, 0.717) is 12.2 Å². The van der Waals surface area contributed by atoms with Crippen molar-refractivity contribution in [3.8, 4) is 5.75 Å². The van der Waals surface area contributed by atoms with Gasteiger partial charge in [0.25, 0.3) is 0 Å². The molecule has 0 aliphatic rings. The van der Waals surface area contributed by atoms with Crippen LogP contribution in [0.5, 0.6) is 5.75 Å². The quantitative estimate of drug-likeness (QED) is 0.765. The highest BCUT2D eigenvalue weighted by Gasteiger charge is 2.06. The van der Waals surface area contributed by atoms with Gasteiger partial charge in [0.05, 0.1) is 12.6 Å². The number of carboxylic acids is 1. The Balaban J connectivity index is 2.40. The molecule has 2 rings (SSSR count). The Morgan fingerprint density at radius 1 is 1.10 bits per heavy atom. The normalized spacial score (nSPS) is 11.2. The van der Waals surface area contributed by atoms with E-state index in [1.807, 2.05) is 61.5 Å². The van der Waals surface area contributed by atoms with Crippen molar-refractivity contribution in [3.05, 3.63) is 71.8 Å². The van der Waals surface area contributed by atoms with E-state index in [9.17, 15) is 9.90 Å². The molecule has 0 aliphatic carbocycles. The molecular formula is C18H17O3-. The first kappa shape index (κ1) is 14.9. The zero-order chi connectivity index (χ0) is 15.1. The predicted molar refractivity (Wildman–Crippen MR) is 80.8 cm³/mol. The number of aliphatic carboxylic acids is 1. The molecule has 2 aromatic carbocycles. The van der Waals surface area contributed by atoms with Gasteiger partial charge in [-0.3, -0.25) is 0 Å². The Morgan fingerprint density at radius 2 is 1.81 bits per heavy atom. The summed E-state index contributed by atoms with van der Waals surface area (Å²) in [6.45, 7) is 2.67. The molecule has 3 nitrogen and oxygen atoms in total. The van der Waals surface area contributed by atoms with Gasteiger partial charge < -0.3 is 14.6 Å². The Kier molecular flexibility index (Phi) is 5.16. The third-order valence-electron chi connectivity index (χ3n) is 2.96. The second kappa shape index (κ2) is 7.29. The zero-order valence-corrected chi connectivity index (χ0v) is 11.9. The van der Waals surface area contributed by atoms with E-state index in [4.69, 9.17) is 4.74 Å². The second-order valence-corrected chi connectivity index (χ2v) is 4.62. The number of carboxylic acid groups (broad SMARTS) is 1. The zero-order valence-electron chi connectivity index (χ0n) is 11.9. The summed E-state index contributed by atoms with van der Waals surface area (Å²) in [6, 6.07) is 16.8. The van der Waals surface area contributed by atoms with E-state index >= 15 is 0 Å². The van der Waals surface area contributed by atoms with Gasteiger partial charge >= 0.3 is 0 Å². The van der Waals surface area contributed by atoms with Crippen molar-refractivity contribution >= 4 is 11.5 Å². The van der Waals surface area contributed by atoms with Gasteiger partial charge in [0, 0.05) is 0 Å². The van der Waals surface area contributed by atoms with Gasteiger partial charge in [-0.15, -0.1) is 0 Å². The Labute approximate surface area is 124 Å². The van der Waals surface area contributed by atoms with Crippen LogP contribution in [0.2, 0.25) is 0 Å². The van der Waals surface area contributed by atoms with Crippen LogP contribution < -0.4 is 9.84 Å². The van der Waals surface area contributed by atoms with Crippen molar-refractivity contribution in [2.75, 3.05) is 6.61 Å². The first-order chi connectivity index (χ1) is 10.2. The fourth-order valence-corrected chi connectivity index (χ4v) is 2.04. The molecule has 0 spiro atoms. The summed E-state index contributed by atoms with van der Waals surface area (Å²) in [5.74, 6) is -0.483. The molecule has 0 saturated carbocycles. The van der Waals surface area contributed by atoms with Crippen LogP contribution in [0, 0.1) is 0 Å². The molecule has 0 radical (unpaired) electrons. The molecular weight excluding hydrogens is 264 g/mol. The maximum absolute atomic E-state index is 11.0. The fourth-order valence-electron chi connectivity index (χ4n) is 2.04. The molecule has 2 aromatic rings. The number of carbonyl (C=O) groups is 1. The van der Waals surface area contributed by atoms with E-state index in [1.54, 1.807) is 0 Å². The lowest BCUT2D eigenvalue weighted by atomic mass is 9.97. The number of benzene rings is 2. The highest BCUT2D eigenvalue weighted by Crippen LogP contribution is 2.26. The number of carbonyl (C=O) groups excluding carboxylic acids is 1. The topological polar surface area (TPSA) is 49.4 Å². The number of rotatable bonds is 6. The van der Waals surface area contributed by atoms with Gasteiger partial charge in [-0.1, -0.05) is 49.4 Å². The molecule has 0 fully saturated rings. The summed E-state index contributed by atoms with van der Waals surface area (Å²) in [7, 11) is 0. The molecule has 0 aromatic heterocycles. The van der Waals surface area contributed by atoms with Crippen molar-refractivity contribution in [3.63, 3.8) is 0 Å². The van der Waals surface area contributed by atoms with Crippen LogP contribution >= 0.6 is 0 Å². The van der Waals surface area contributed by atoms with Gasteiger partial charge in [-0.2, -0.15) is 0 Å². The van der Waals surface area contributed by atoms with Gasteiger partial charge in [-0.25, -0.2) is 0 Å². The van der Waals surface area contributed by atoms with E-state index < -0.39 is 5.97 Å². The Hall–Kier alpha value is -2.55. The van der Waals surface area contributed by atoms with Crippen LogP contribution in [-0.2, 0) is 4.79 Å². The summed E-state index contributed by atoms with van der Waals surface area (Å²) < 4.78 is 5.60. The molecule has 0 unspecified atom stereocenters. The van der Waals surface area contributed by atoms with Crippen molar-refractivity contribution in [1.82, 2.24) is 0 Å².